The van der Waals surface area contributed by atoms with E-state index in [0.29, 0.717) is 18.4 Å². The second kappa shape index (κ2) is 7.12. The number of hydrogen-bond donors (Lipinski definition) is 2. The molecule has 144 valence electrons. The number of fused-ring (bicyclic) bond motifs is 1. The minimum absolute atomic E-state index is 0.296. The maximum Gasteiger partial charge on any atom is 0.299 e. The summed E-state index contributed by atoms with van der Waals surface area (Å²) in [5.41, 5.74) is 0.296. The second-order valence-corrected chi connectivity index (χ2v) is 9.77. The molecular formula is C15H19FN2O6S2. The maximum absolute atomic E-state index is 13.1. The highest BCUT2D eigenvalue weighted by Gasteiger charge is 2.42. The first-order valence-corrected chi connectivity index (χ1v) is 11.3. The van der Waals surface area contributed by atoms with E-state index in [0.717, 1.165) is 25.0 Å². The zero-order valence-corrected chi connectivity index (χ0v) is 15.3. The van der Waals surface area contributed by atoms with Crippen molar-refractivity contribution < 1.29 is 30.5 Å². The van der Waals surface area contributed by atoms with E-state index >= 15 is 0 Å². The highest BCUT2D eigenvalue weighted by molar-refractivity contribution is 7.90. The van der Waals surface area contributed by atoms with Gasteiger partial charge in [-0.05, 0) is 37.0 Å². The number of halogens is 1. The van der Waals surface area contributed by atoms with Gasteiger partial charge in [0.15, 0.2) is 0 Å². The predicted molar refractivity (Wildman–Crippen MR) is 92.2 cm³/mol. The molecule has 2 fully saturated rings. The molecule has 1 aromatic rings. The molecule has 1 aromatic carbocycles. The van der Waals surface area contributed by atoms with Crippen LogP contribution in [0, 0.1) is 5.82 Å². The number of sulfonamides is 1. The van der Waals surface area contributed by atoms with Crippen LogP contribution in [0.15, 0.2) is 29.3 Å². The Bertz CT molecular complexity index is 899. The lowest BCUT2D eigenvalue weighted by Gasteiger charge is -2.36. The minimum Gasteiger partial charge on any atom is -0.460 e. The van der Waals surface area contributed by atoms with Crippen LogP contribution < -0.4 is 4.72 Å². The summed E-state index contributed by atoms with van der Waals surface area (Å²) in [5.74, 6) is -1.31. The highest BCUT2D eigenvalue weighted by atomic mass is 32.2. The molecule has 0 amide bonds. The van der Waals surface area contributed by atoms with Crippen molar-refractivity contribution >= 4 is 26.2 Å². The smallest absolute Gasteiger partial charge is 0.299 e. The van der Waals surface area contributed by atoms with Gasteiger partial charge >= 0.3 is 0 Å². The van der Waals surface area contributed by atoms with E-state index < -0.39 is 49.1 Å². The Kier molecular flexibility index (Phi) is 5.22. The van der Waals surface area contributed by atoms with Crippen molar-refractivity contribution in [2.75, 3.05) is 5.75 Å². The Balaban J connectivity index is 1.92. The van der Waals surface area contributed by atoms with Gasteiger partial charge in [-0.25, -0.2) is 22.5 Å². The van der Waals surface area contributed by atoms with Crippen molar-refractivity contribution in [2.45, 2.75) is 43.1 Å². The van der Waals surface area contributed by atoms with Crippen LogP contribution in [0.25, 0.3) is 0 Å². The summed E-state index contributed by atoms with van der Waals surface area (Å²) in [7, 11) is -8.11. The largest absolute Gasteiger partial charge is 0.460 e. The second-order valence-electron chi connectivity index (χ2n) is 6.38. The van der Waals surface area contributed by atoms with E-state index in [1.54, 1.807) is 0 Å². The van der Waals surface area contributed by atoms with Gasteiger partial charge in [-0.3, -0.25) is 4.55 Å². The molecule has 1 unspecified atom stereocenters. The standard InChI is InChI=1S/C15H19FN2O6S2/c16-11-7-5-10(6-8-11)12(9-25(19,20)21)17-15-18-26(22,23)14-4-2-1-3-13(14)24-15/h5-8,12-14H,1-4,9H2,(H,17,18)(H,19,20,21)/t12?,13-,14+/m0/s1. The Morgan fingerprint density at radius 1 is 1.27 bits per heavy atom. The Labute approximate surface area is 151 Å². The molecule has 1 aliphatic heterocycles. The SMILES string of the molecule is O=S(=O)(O)CC(N=C1NS(=O)(=O)[C@@H]2CCCC[C@@H]2O1)c1ccc(F)cc1. The Morgan fingerprint density at radius 2 is 1.92 bits per heavy atom. The zero-order chi connectivity index (χ0) is 18.9. The van der Waals surface area contributed by atoms with Crippen LogP contribution in [-0.2, 0) is 24.9 Å². The van der Waals surface area contributed by atoms with Gasteiger partial charge in [-0.2, -0.15) is 8.42 Å². The molecule has 1 aliphatic carbocycles. The van der Waals surface area contributed by atoms with Crippen molar-refractivity contribution in [1.82, 2.24) is 4.72 Å². The Morgan fingerprint density at radius 3 is 2.58 bits per heavy atom. The summed E-state index contributed by atoms with van der Waals surface area (Å²) in [6, 6.07) is 3.41. The molecule has 8 nitrogen and oxygen atoms in total. The lowest BCUT2D eigenvalue weighted by atomic mass is 9.97. The van der Waals surface area contributed by atoms with Crippen LogP contribution in [-0.4, -0.2) is 44.5 Å². The monoisotopic (exact) mass is 406 g/mol. The quantitative estimate of drug-likeness (QED) is 0.728. The third-order valence-electron chi connectivity index (χ3n) is 4.43. The van der Waals surface area contributed by atoms with Gasteiger partial charge < -0.3 is 4.74 Å². The highest BCUT2D eigenvalue weighted by Crippen LogP contribution is 2.30. The van der Waals surface area contributed by atoms with Gasteiger partial charge in [0.25, 0.3) is 16.1 Å². The summed E-state index contributed by atoms with van der Waals surface area (Å²) >= 11 is 0. The molecular weight excluding hydrogens is 387 g/mol. The summed E-state index contributed by atoms with van der Waals surface area (Å²) in [6.45, 7) is 0. The van der Waals surface area contributed by atoms with Crippen LogP contribution in [0.2, 0.25) is 0 Å². The van der Waals surface area contributed by atoms with Crippen molar-refractivity contribution in [3.05, 3.63) is 35.6 Å². The minimum atomic E-state index is -4.42. The number of benzene rings is 1. The molecule has 1 saturated carbocycles. The van der Waals surface area contributed by atoms with Crippen LogP contribution in [0.5, 0.6) is 0 Å². The van der Waals surface area contributed by atoms with Crippen LogP contribution in [0.4, 0.5) is 4.39 Å². The van der Waals surface area contributed by atoms with Crippen LogP contribution in [0.3, 0.4) is 0 Å². The van der Waals surface area contributed by atoms with E-state index in [1.165, 1.54) is 12.1 Å². The fraction of sp³-hybridized carbons (Fsp3) is 0.533. The predicted octanol–water partition coefficient (Wildman–Crippen LogP) is 1.37. The average Bonchev–Trinajstić information content (AvgIpc) is 2.53. The van der Waals surface area contributed by atoms with Gasteiger partial charge in [0.2, 0.25) is 10.0 Å². The molecule has 0 radical (unpaired) electrons. The number of rotatable bonds is 4. The third-order valence-corrected chi connectivity index (χ3v) is 6.96. The fourth-order valence-electron chi connectivity index (χ4n) is 3.21. The molecule has 3 rings (SSSR count). The number of ether oxygens (including phenoxy) is 1. The van der Waals surface area contributed by atoms with Crippen LogP contribution >= 0.6 is 0 Å². The van der Waals surface area contributed by atoms with Gasteiger partial charge in [0.05, 0.1) is 6.04 Å². The van der Waals surface area contributed by atoms with E-state index in [1.807, 2.05) is 0 Å². The third kappa shape index (κ3) is 4.51. The molecule has 0 spiro atoms. The Hall–Kier alpha value is -1.72. The molecule has 26 heavy (non-hydrogen) atoms. The molecule has 1 saturated heterocycles. The summed E-state index contributed by atoms with van der Waals surface area (Å²) in [4.78, 5) is 4.05. The molecule has 2 aliphatic rings. The fourth-order valence-corrected chi connectivity index (χ4v) is 5.44. The maximum atomic E-state index is 13.1. The number of aliphatic imine (C=N–C) groups is 1. The normalized spacial score (nSPS) is 27.8. The number of nitrogens with one attached hydrogen (secondary N) is 1. The molecule has 0 bridgehead atoms. The number of hydrogen-bond acceptors (Lipinski definition) is 6. The molecule has 0 aromatic heterocycles. The summed E-state index contributed by atoms with van der Waals surface area (Å²) in [5, 5.41) is -0.666. The van der Waals surface area contributed by atoms with E-state index in [4.69, 9.17) is 4.74 Å². The molecule has 1 heterocycles. The first kappa shape index (κ1) is 19.1. The number of nitrogens with zero attached hydrogens (tertiary/aromatic N) is 1. The molecule has 2 N–H and O–H groups in total. The summed E-state index contributed by atoms with van der Waals surface area (Å²) < 4.78 is 77.5. The van der Waals surface area contributed by atoms with E-state index in [9.17, 15) is 25.8 Å². The van der Waals surface area contributed by atoms with Crippen molar-refractivity contribution in [3.63, 3.8) is 0 Å². The van der Waals surface area contributed by atoms with Gasteiger partial charge in [-0.15, -0.1) is 0 Å². The topological polar surface area (TPSA) is 122 Å². The van der Waals surface area contributed by atoms with Gasteiger partial charge in [0, 0.05) is 0 Å². The zero-order valence-electron chi connectivity index (χ0n) is 13.7. The molecule has 11 heteroatoms. The van der Waals surface area contributed by atoms with Crippen LogP contribution in [0.1, 0.15) is 37.3 Å². The average molecular weight is 406 g/mol. The lowest BCUT2D eigenvalue weighted by molar-refractivity contribution is 0.131. The molecule has 3 atom stereocenters. The first-order valence-electron chi connectivity index (χ1n) is 8.11. The van der Waals surface area contributed by atoms with E-state index in [2.05, 4.69) is 9.71 Å². The first-order chi connectivity index (χ1) is 12.1. The summed E-state index contributed by atoms with van der Waals surface area (Å²) in [6.07, 6.45) is 2.12. The van der Waals surface area contributed by atoms with E-state index in [-0.39, 0.29) is 6.02 Å². The van der Waals surface area contributed by atoms with Crippen molar-refractivity contribution in [3.8, 4) is 0 Å². The van der Waals surface area contributed by atoms with Crippen molar-refractivity contribution in [2.24, 2.45) is 4.99 Å². The van der Waals surface area contributed by atoms with Gasteiger partial charge in [0.1, 0.15) is 22.9 Å². The van der Waals surface area contributed by atoms with Gasteiger partial charge in [-0.1, -0.05) is 18.6 Å². The van der Waals surface area contributed by atoms with Crippen molar-refractivity contribution in [1.29, 1.82) is 0 Å². The lowest BCUT2D eigenvalue weighted by Crippen LogP contribution is -2.54. The number of amidine groups is 1.